The van der Waals surface area contributed by atoms with Crippen molar-refractivity contribution in [3.05, 3.63) is 0 Å². The molecule has 0 rings (SSSR count). The fourth-order valence-corrected chi connectivity index (χ4v) is 0.403. The number of carboxylic acids is 1. The van der Waals surface area contributed by atoms with Crippen LogP contribution < -0.4 is 0 Å². The van der Waals surface area contributed by atoms with Crippen LogP contribution in [-0.4, -0.2) is 53.0 Å². The second-order valence-electron chi connectivity index (χ2n) is 2.43. The SMILES string of the molecule is CC(C(=O)O)(C(F)(F)F)C(F)(F)F.[NaH]. The molecule has 14 heavy (non-hydrogen) atoms. The predicted octanol–water partition coefficient (Wildman–Crippen LogP) is 1.55. The van der Waals surface area contributed by atoms with Crippen molar-refractivity contribution in [2.75, 3.05) is 0 Å². The van der Waals surface area contributed by atoms with Crippen molar-refractivity contribution < 1.29 is 36.2 Å². The molecule has 0 saturated heterocycles. The number of halogens is 6. The van der Waals surface area contributed by atoms with Crippen molar-refractivity contribution in [3.63, 3.8) is 0 Å². The van der Waals surface area contributed by atoms with Crippen molar-refractivity contribution in [2.24, 2.45) is 5.41 Å². The zero-order valence-electron chi connectivity index (χ0n) is 6.12. The number of alkyl halides is 6. The summed E-state index contributed by atoms with van der Waals surface area (Å²) < 4.78 is 70.5. The van der Waals surface area contributed by atoms with Gasteiger partial charge in [0.15, 0.2) is 0 Å². The molecule has 0 saturated carbocycles. The van der Waals surface area contributed by atoms with Gasteiger partial charge in [-0.25, -0.2) is 0 Å². The Labute approximate surface area is 96.6 Å². The van der Waals surface area contributed by atoms with Crippen LogP contribution in [0, 0.1) is 5.41 Å². The van der Waals surface area contributed by atoms with Crippen LogP contribution in [0.1, 0.15) is 6.92 Å². The topological polar surface area (TPSA) is 37.3 Å². The number of carbonyl (C=O) groups is 1. The molecule has 0 aromatic rings. The number of rotatable bonds is 1. The maximum atomic E-state index is 11.8. The predicted molar refractivity (Wildman–Crippen MR) is 35.0 cm³/mol. The van der Waals surface area contributed by atoms with Crippen LogP contribution >= 0.6 is 0 Å². The molecule has 0 bridgehead atoms. The Morgan fingerprint density at radius 3 is 1.21 bits per heavy atom. The van der Waals surface area contributed by atoms with Gasteiger partial charge in [-0.1, -0.05) is 0 Å². The first-order valence-electron chi connectivity index (χ1n) is 2.81. The van der Waals surface area contributed by atoms with E-state index in [1.54, 1.807) is 0 Å². The fourth-order valence-electron chi connectivity index (χ4n) is 0.403. The van der Waals surface area contributed by atoms with Gasteiger partial charge in [0.2, 0.25) is 0 Å². The van der Waals surface area contributed by atoms with Gasteiger partial charge in [0, 0.05) is 0 Å². The maximum absolute atomic E-state index is 11.8. The molecule has 1 N–H and O–H groups in total. The summed E-state index contributed by atoms with van der Waals surface area (Å²) in [5.41, 5.74) is -4.71. The first kappa shape index (κ1) is 16.5. The van der Waals surface area contributed by atoms with Crippen LogP contribution in [0.15, 0.2) is 0 Å². The third-order valence-electron chi connectivity index (χ3n) is 1.56. The molecule has 0 aliphatic heterocycles. The zero-order valence-corrected chi connectivity index (χ0v) is 6.12. The molecule has 0 heterocycles. The van der Waals surface area contributed by atoms with Gasteiger partial charge in [-0.3, -0.25) is 4.79 Å². The van der Waals surface area contributed by atoms with Gasteiger partial charge in [-0.15, -0.1) is 0 Å². The Hall–Kier alpha value is 0.0500. The number of hydrogen-bond donors (Lipinski definition) is 1. The van der Waals surface area contributed by atoms with E-state index in [1.807, 2.05) is 0 Å². The van der Waals surface area contributed by atoms with Gasteiger partial charge < -0.3 is 5.11 Å². The second kappa shape index (κ2) is 4.28. The molecular formula is C5H5F6NaO2. The Balaban J connectivity index is 0. The average Bonchev–Trinajstić information content (AvgIpc) is 1.80. The first-order valence-corrected chi connectivity index (χ1v) is 2.81. The van der Waals surface area contributed by atoms with Gasteiger partial charge in [-0.2, -0.15) is 26.3 Å². The van der Waals surface area contributed by atoms with Crippen molar-refractivity contribution in [3.8, 4) is 0 Å². The summed E-state index contributed by atoms with van der Waals surface area (Å²) in [6.07, 6.45) is -11.7. The number of aliphatic carboxylic acids is 1. The number of hydrogen-bond acceptors (Lipinski definition) is 1. The van der Waals surface area contributed by atoms with Gasteiger partial charge in [-0.05, 0) is 6.92 Å². The van der Waals surface area contributed by atoms with Crippen molar-refractivity contribution in [1.29, 1.82) is 0 Å². The molecule has 0 spiro atoms. The molecule has 0 aliphatic carbocycles. The van der Waals surface area contributed by atoms with Crippen LogP contribution in [0.5, 0.6) is 0 Å². The molecule has 0 aromatic heterocycles. The molecule has 0 aliphatic rings. The monoisotopic (exact) mass is 234 g/mol. The van der Waals surface area contributed by atoms with Crippen LogP contribution in [0.25, 0.3) is 0 Å². The minimum absolute atomic E-state index is 0. The van der Waals surface area contributed by atoms with E-state index in [1.165, 1.54) is 0 Å². The summed E-state index contributed by atoms with van der Waals surface area (Å²) in [7, 11) is 0. The summed E-state index contributed by atoms with van der Waals surface area (Å²) in [5.74, 6) is -2.97. The molecule has 80 valence electrons. The fraction of sp³-hybridized carbons (Fsp3) is 0.800. The zero-order chi connectivity index (χ0) is 11.1. The van der Waals surface area contributed by atoms with Crippen LogP contribution in [0.3, 0.4) is 0 Å². The van der Waals surface area contributed by atoms with E-state index in [-0.39, 0.29) is 29.6 Å². The van der Waals surface area contributed by atoms with Gasteiger partial charge in [0.05, 0.1) is 0 Å². The molecule has 0 fully saturated rings. The van der Waals surface area contributed by atoms with Gasteiger partial charge >= 0.3 is 47.9 Å². The molecule has 2 nitrogen and oxygen atoms in total. The van der Waals surface area contributed by atoms with E-state index in [0.29, 0.717) is 0 Å². The minimum atomic E-state index is -5.86. The van der Waals surface area contributed by atoms with E-state index in [0.717, 1.165) is 0 Å². The first-order chi connectivity index (χ1) is 5.44. The van der Waals surface area contributed by atoms with E-state index < -0.39 is 30.7 Å². The van der Waals surface area contributed by atoms with E-state index >= 15 is 0 Å². The summed E-state index contributed by atoms with van der Waals surface area (Å²) in [4.78, 5) is 9.87. The quantitative estimate of drug-likeness (QED) is 0.552. The van der Waals surface area contributed by atoms with E-state index in [2.05, 4.69) is 0 Å². The molecule has 0 unspecified atom stereocenters. The van der Waals surface area contributed by atoms with Gasteiger partial charge in [0.1, 0.15) is 0 Å². The Morgan fingerprint density at radius 2 is 1.21 bits per heavy atom. The van der Waals surface area contributed by atoms with Crippen LogP contribution in [0.4, 0.5) is 26.3 Å². The molecule has 9 heteroatoms. The summed E-state index contributed by atoms with van der Waals surface area (Å²) in [6.45, 7) is -0.421. The van der Waals surface area contributed by atoms with Crippen LogP contribution in [-0.2, 0) is 4.79 Å². The number of carboxylic acid groups (broad SMARTS) is 1. The molecule has 0 aromatic carbocycles. The van der Waals surface area contributed by atoms with Crippen molar-refractivity contribution in [1.82, 2.24) is 0 Å². The molecule has 0 atom stereocenters. The Bertz CT molecular complexity index is 205. The molecular weight excluding hydrogens is 229 g/mol. The third-order valence-corrected chi connectivity index (χ3v) is 1.56. The van der Waals surface area contributed by atoms with Gasteiger partial charge in [0.25, 0.3) is 5.41 Å². The average molecular weight is 234 g/mol. The van der Waals surface area contributed by atoms with Crippen LogP contribution in [0.2, 0.25) is 0 Å². The summed E-state index contributed by atoms with van der Waals surface area (Å²) in [5, 5.41) is 7.86. The second-order valence-corrected chi connectivity index (χ2v) is 2.43. The Morgan fingerprint density at radius 1 is 1.00 bits per heavy atom. The van der Waals surface area contributed by atoms with Crippen molar-refractivity contribution >= 4 is 35.5 Å². The van der Waals surface area contributed by atoms with E-state index in [9.17, 15) is 31.1 Å². The normalized spacial score (nSPS) is 13.4. The summed E-state index contributed by atoms with van der Waals surface area (Å²) >= 11 is 0. The van der Waals surface area contributed by atoms with E-state index in [4.69, 9.17) is 5.11 Å². The summed E-state index contributed by atoms with van der Waals surface area (Å²) in [6, 6.07) is 0. The molecule has 0 amide bonds. The van der Waals surface area contributed by atoms with Crippen molar-refractivity contribution in [2.45, 2.75) is 19.3 Å². The third kappa shape index (κ3) is 2.54. The Kier molecular flexibility index (Phi) is 5.03. The standard InChI is InChI=1S/C5H4F6O2.Na.H/c1-3(2(12)13,4(6,7)8)5(9,10)11;;/h1H3,(H,12,13);;. The molecule has 0 radical (unpaired) electrons.